The van der Waals surface area contributed by atoms with Gasteiger partial charge in [-0.1, -0.05) is 12.1 Å². The maximum Gasteiger partial charge on any atom is 0.274 e. The highest BCUT2D eigenvalue weighted by molar-refractivity contribution is 5.92. The number of amides is 2. The van der Waals surface area contributed by atoms with Crippen molar-refractivity contribution in [2.45, 2.75) is 12.8 Å². The van der Waals surface area contributed by atoms with Crippen molar-refractivity contribution in [3.8, 4) is 0 Å². The molecule has 0 aliphatic carbocycles. The summed E-state index contributed by atoms with van der Waals surface area (Å²) in [6.45, 7) is 3.34. The minimum atomic E-state index is -0.238. The fraction of sp³-hybridized carbons (Fsp3) is 0.429. The molecule has 1 aromatic heterocycles. The van der Waals surface area contributed by atoms with Crippen LogP contribution in [0.3, 0.4) is 0 Å². The molecule has 152 valence electrons. The van der Waals surface area contributed by atoms with Gasteiger partial charge in [0.2, 0.25) is 5.91 Å². The number of carbonyl (C=O) groups is 2. The Bertz CT molecular complexity index is 870. The van der Waals surface area contributed by atoms with Gasteiger partial charge in [-0.15, -0.1) is 0 Å². The highest BCUT2D eigenvalue weighted by Gasteiger charge is 2.33. The molecule has 2 saturated heterocycles. The smallest absolute Gasteiger partial charge is 0.274 e. The average Bonchev–Trinajstić information content (AvgIpc) is 2.79. The van der Waals surface area contributed by atoms with Crippen molar-refractivity contribution in [2.24, 2.45) is 5.92 Å². The number of hydrogen-bond acceptors (Lipinski definition) is 5. The number of rotatable bonds is 3. The fourth-order valence-corrected chi connectivity index (χ4v) is 4.07. The first-order chi connectivity index (χ1) is 14.1. The van der Waals surface area contributed by atoms with Gasteiger partial charge in [0.05, 0.1) is 17.8 Å². The van der Waals surface area contributed by atoms with E-state index in [0.717, 1.165) is 12.8 Å². The van der Waals surface area contributed by atoms with Gasteiger partial charge in [0.1, 0.15) is 11.5 Å². The summed E-state index contributed by atoms with van der Waals surface area (Å²) in [4.78, 5) is 39.2. The summed E-state index contributed by atoms with van der Waals surface area (Å²) in [5.74, 6) is -0.545. The maximum absolute atomic E-state index is 14.0. The third-order valence-corrected chi connectivity index (χ3v) is 5.62. The highest BCUT2D eigenvalue weighted by Crippen LogP contribution is 2.23. The average molecular weight is 397 g/mol. The van der Waals surface area contributed by atoms with Crippen LogP contribution in [0.2, 0.25) is 0 Å². The Hall–Kier alpha value is -3.03. The molecule has 2 aliphatic heterocycles. The van der Waals surface area contributed by atoms with Crippen molar-refractivity contribution in [3.05, 3.63) is 54.4 Å². The highest BCUT2D eigenvalue weighted by atomic mass is 19.1. The van der Waals surface area contributed by atoms with Crippen LogP contribution in [-0.4, -0.2) is 70.9 Å². The Kier molecular flexibility index (Phi) is 5.69. The summed E-state index contributed by atoms with van der Waals surface area (Å²) in [5, 5.41) is 0. The number of piperidine rings is 1. The lowest BCUT2D eigenvalue weighted by Gasteiger charge is -2.39. The van der Waals surface area contributed by atoms with Crippen LogP contribution in [0.4, 0.5) is 10.1 Å². The number of carbonyl (C=O) groups excluding carboxylic acids is 2. The number of benzene rings is 1. The summed E-state index contributed by atoms with van der Waals surface area (Å²) in [6, 6.07) is 6.72. The molecule has 2 aliphatic rings. The second kappa shape index (κ2) is 8.55. The summed E-state index contributed by atoms with van der Waals surface area (Å²) in [7, 11) is 0. The molecule has 2 amide bonds. The zero-order chi connectivity index (χ0) is 20.2. The predicted molar refractivity (Wildman–Crippen MR) is 106 cm³/mol. The number of nitrogens with zero attached hydrogens (tertiary/aromatic N) is 5. The van der Waals surface area contributed by atoms with Gasteiger partial charge in [-0.3, -0.25) is 14.6 Å². The second-order valence-electron chi connectivity index (χ2n) is 7.44. The normalized spacial score (nSPS) is 19.9. The third-order valence-electron chi connectivity index (χ3n) is 5.62. The summed E-state index contributed by atoms with van der Waals surface area (Å²) in [5.41, 5.74) is 0.886. The first-order valence-corrected chi connectivity index (χ1v) is 9.97. The lowest BCUT2D eigenvalue weighted by atomic mass is 9.96. The predicted octanol–water partition coefficient (Wildman–Crippen LogP) is 1.82. The van der Waals surface area contributed by atoms with Crippen molar-refractivity contribution < 1.29 is 14.0 Å². The van der Waals surface area contributed by atoms with Gasteiger partial charge in [-0.2, -0.15) is 0 Å². The number of likely N-dealkylation sites (tertiary alicyclic amines) is 1. The van der Waals surface area contributed by atoms with Crippen molar-refractivity contribution in [1.29, 1.82) is 0 Å². The van der Waals surface area contributed by atoms with Gasteiger partial charge in [-0.05, 0) is 25.0 Å². The number of hydrogen-bond donors (Lipinski definition) is 0. The van der Waals surface area contributed by atoms with Gasteiger partial charge in [0, 0.05) is 51.7 Å². The molecule has 29 heavy (non-hydrogen) atoms. The van der Waals surface area contributed by atoms with Crippen LogP contribution in [0.15, 0.2) is 42.9 Å². The van der Waals surface area contributed by atoms with E-state index in [9.17, 15) is 14.0 Å². The van der Waals surface area contributed by atoms with Crippen molar-refractivity contribution >= 4 is 17.5 Å². The molecule has 1 aromatic carbocycles. The molecule has 2 aromatic rings. The second-order valence-corrected chi connectivity index (χ2v) is 7.44. The van der Waals surface area contributed by atoms with E-state index in [2.05, 4.69) is 9.97 Å². The third kappa shape index (κ3) is 4.21. The fourth-order valence-electron chi connectivity index (χ4n) is 4.07. The zero-order valence-corrected chi connectivity index (χ0v) is 16.2. The van der Waals surface area contributed by atoms with Gasteiger partial charge >= 0.3 is 0 Å². The molecule has 4 rings (SSSR count). The number of anilines is 1. The maximum atomic E-state index is 14.0. The summed E-state index contributed by atoms with van der Waals surface area (Å²) < 4.78 is 14.0. The number of aromatic nitrogens is 2. The Morgan fingerprint density at radius 2 is 1.79 bits per heavy atom. The van der Waals surface area contributed by atoms with E-state index in [4.69, 9.17) is 0 Å². The van der Waals surface area contributed by atoms with Crippen molar-refractivity contribution in [3.63, 3.8) is 0 Å². The van der Waals surface area contributed by atoms with E-state index in [1.165, 1.54) is 24.7 Å². The first-order valence-electron chi connectivity index (χ1n) is 9.97. The van der Waals surface area contributed by atoms with Crippen LogP contribution < -0.4 is 4.90 Å². The van der Waals surface area contributed by atoms with Gasteiger partial charge < -0.3 is 14.7 Å². The van der Waals surface area contributed by atoms with Crippen LogP contribution in [0.25, 0.3) is 0 Å². The van der Waals surface area contributed by atoms with Gasteiger partial charge in [-0.25, -0.2) is 9.37 Å². The van der Waals surface area contributed by atoms with Gasteiger partial charge in [0.25, 0.3) is 5.91 Å². The minimum Gasteiger partial charge on any atom is -0.366 e. The topological polar surface area (TPSA) is 69.6 Å². The standard InChI is InChI=1S/C21H24FN5O2/c22-17-5-1-2-6-19(17)25-10-12-26(13-11-25)20(28)16-4-3-9-27(15-16)21(29)18-14-23-7-8-24-18/h1-2,5-8,14,16H,3-4,9-13,15H2. The van der Waals surface area contributed by atoms with Crippen LogP contribution in [0.1, 0.15) is 23.3 Å². The van der Waals surface area contributed by atoms with Crippen LogP contribution in [0.5, 0.6) is 0 Å². The zero-order valence-electron chi connectivity index (χ0n) is 16.2. The molecule has 0 radical (unpaired) electrons. The molecule has 0 spiro atoms. The molecule has 1 unspecified atom stereocenters. The van der Waals surface area contributed by atoms with E-state index in [1.807, 2.05) is 15.9 Å². The van der Waals surface area contributed by atoms with Crippen LogP contribution in [0, 0.1) is 11.7 Å². The van der Waals surface area contributed by atoms with E-state index < -0.39 is 0 Å². The Morgan fingerprint density at radius 3 is 2.52 bits per heavy atom. The van der Waals surface area contributed by atoms with Crippen molar-refractivity contribution in [1.82, 2.24) is 19.8 Å². The molecule has 0 N–H and O–H groups in total. The lowest BCUT2D eigenvalue weighted by molar-refractivity contribution is -0.137. The Morgan fingerprint density at radius 1 is 1.00 bits per heavy atom. The number of halogens is 1. The Labute approximate surface area is 169 Å². The van der Waals surface area contributed by atoms with Crippen LogP contribution >= 0.6 is 0 Å². The summed E-state index contributed by atoms with van der Waals surface area (Å²) >= 11 is 0. The number of piperazine rings is 1. The monoisotopic (exact) mass is 397 g/mol. The number of para-hydroxylation sites is 1. The van der Waals surface area contributed by atoms with Crippen LogP contribution in [-0.2, 0) is 4.79 Å². The van der Waals surface area contributed by atoms with E-state index >= 15 is 0 Å². The van der Waals surface area contributed by atoms with E-state index in [0.29, 0.717) is 50.6 Å². The quantitative estimate of drug-likeness (QED) is 0.790. The molecule has 2 fully saturated rings. The molecule has 7 nitrogen and oxygen atoms in total. The van der Waals surface area contributed by atoms with E-state index in [-0.39, 0.29) is 23.5 Å². The molecular formula is C21H24FN5O2. The lowest BCUT2D eigenvalue weighted by Crippen LogP contribution is -2.53. The Balaban J connectivity index is 1.35. The minimum absolute atomic E-state index is 0.0785. The molecule has 0 bridgehead atoms. The molecule has 0 saturated carbocycles. The SMILES string of the molecule is O=C(c1cnccn1)N1CCCC(C(=O)N2CCN(c3ccccc3F)CC2)C1. The molecule has 8 heteroatoms. The van der Waals surface area contributed by atoms with Gasteiger partial charge in [0.15, 0.2) is 0 Å². The molecular weight excluding hydrogens is 373 g/mol. The largest absolute Gasteiger partial charge is 0.366 e. The molecule has 1 atom stereocenters. The first kappa shape index (κ1) is 19.3. The summed E-state index contributed by atoms with van der Waals surface area (Å²) in [6.07, 6.45) is 6.04. The van der Waals surface area contributed by atoms with Crippen molar-refractivity contribution in [2.75, 3.05) is 44.2 Å². The molecule has 3 heterocycles. The van der Waals surface area contributed by atoms with E-state index in [1.54, 1.807) is 17.0 Å².